The smallest absolute Gasteiger partial charge is 0.265 e. The molecule has 0 amide bonds. The number of likely N-dealkylation sites (tertiary alicyclic amines) is 1. The van der Waals surface area contributed by atoms with E-state index >= 15 is 0 Å². The number of fused-ring (bicyclic) bond motifs is 1. The van der Waals surface area contributed by atoms with Crippen LogP contribution in [0.3, 0.4) is 0 Å². The normalized spacial score (nSPS) is 17.7. The monoisotopic (exact) mass is 375 g/mol. The fourth-order valence-corrected chi connectivity index (χ4v) is 4.09. The minimum atomic E-state index is -0.232. The summed E-state index contributed by atoms with van der Waals surface area (Å²) >= 11 is 0. The average molecular weight is 375 g/mol. The Balaban J connectivity index is 1.79. The fraction of sp³-hybridized carbons (Fsp3) is 0.304. The van der Waals surface area contributed by atoms with Gasteiger partial charge in [-0.15, -0.1) is 0 Å². The zero-order valence-electron chi connectivity index (χ0n) is 16.1. The lowest BCUT2D eigenvalue weighted by molar-refractivity contribution is 0.273. The first-order valence-corrected chi connectivity index (χ1v) is 9.86. The van der Waals surface area contributed by atoms with Crippen molar-refractivity contribution in [3.63, 3.8) is 0 Å². The quantitative estimate of drug-likeness (QED) is 0.693. The molecule has 0 spiro atoms. The van der Waals surface area contributed by atoms with E-state index < -0.39 is 0 Å². The van der Waals surface area contributed by atoms with Crippen molar-refractivity contribution in [2.45, 2.75) is 25.8 Å². The standard InChI is InChI=1S/C23H25N3O2/c1-2-25-14-8-11-18(25)15-24-16-21-19-12-6-7-13-20(19)22(27)26(23(21)28)17-9-4-3-5-10-17/h3-7,9-10,12-13,16,18,28H,2,8,11,14-15H2,1H3/t18-/m1/s1. The van der Waals surface area contributed by atoms with Crippen LogP contribution in [0.2, 0.25) is 0 Å². The Kier molecular flexibility index (Phi) is 5.26. The van der Waals surface area contributed by atoms with Crippen molar-refractivity contribution in [2.24, 2.45) is 4.99 Å². The number of rotatable bonds is 5. The van der Waals surface area contributed by atoms with Crippen LogP contribution in [0.5, 0.6) is 5.88 Å². The molecule has 2 aromatic carbocycles. The van der Waals surface area contributed by atoms with E-state index in [1.165, 1.54) is 11.0 Å². The van der Waals surface area contributed by atoms with Crippen LogP contribution in [0.4, 0.5) is 0 Å². The van der Waals surface area contributed by atoms with Crippen LogP contribution in [0, 0.1) is 0 Å². The van der Waals surface area contributed by atoms with E-state index in [1.807, 2.05) is 48.5 Å². The number of aromatic nitrogens is 1. The average Bonchev–Trinajstić information content (AvgIpc) is 3.19. The van der Waals surface area contributed by atoms with E-state index in [2.05, 4.69) is 16.8 Å². The molecule has 1 N–H and O–H groups in total. The lowest BCUT2D eigenvalue weighted by Gasteiger charge is -2.20. The molecule has 1 aromatic heterocycles. The third kappa shape index (κ3) is 3.34. The molecule has 144 valence electrons. The second-order valence-corrected chi connectivity index (χ2v) is 7.18. The first-order chi connectivity index (χ1) is 13.7. The Morgan fingerprint density at radius 3 is 2.57 bits per heavy atom. The predicted molar refractivity (Wildman–Crippen MR) is 114 cm³/mol. The molecule has 0 radical (unpaired) electrons. The van der Waals surface area contributed by atoms with E-state index in [0.29, 0.717) is 29.2 Å². The summed E-state index contributed by atoms with van der Waals surface area (Å²) in [5.74, 6) is -0.0718. The minimum Gasteiger partial charge on any atom is -0.494 e. The lowest BCUT2D eigenvalue weighted by atomic mass is 10.1. The molecule has 4 rings (SSSR count). The number of hydrogen-bond donors (Lipinski definition) is 1. The SMILES string of the molecule is CCN1CCC[C@@H]1CN=Cc1c(O)n(-c2ccccc2)c(=O)c2ccccc12. The molecule has 1 aliphatic rings. The lowest BCUT2D eigenvalue weighted by Crippen LogP contribution is -2.31. The molecule has 0 bridgehead atoms. The first kappa shape index (κ1) is 18.4. The van der Waals surface area contributed by atoms with Gasteiger partial charge < -0.3 is 5.11 Å². The molecule has 1 aliphatic heterocycles. The van der Waals surface area contributed by atoms with Gasteiger partial charge in [0.05, 0.1) is 17.8 Å². The van der Waals surface area contributed by atoms with Crippen LogP contribution < -0.4 is 5.56 Å². The van der Waals surface area contributed by atoms with Crippen molar-refractivity contribution in [3.8, 4) is 11.6 Å². The second kappa shape index (κ2) is 7.98. The fourth-order valence-electron chi connectivity index (χ4n) is 4.09. The van der Waals surface area contributed by atoms with Crippen molar-refractivity contribution in [1.29, 1.82) is 0 Å². The Morgan fingerprint density at radius 2 is 1.82 bits per heavy atom. The summed E-state index contributed by atoms with van der Waals surface area (Å²) in [6.45, 7) is 5.04. The molecule has 0 saturated carbocycles. The van der Waals surface area contributed by atoms with E-state index in [0.717, 1.165) is 24.9 Å². The third-order valence-electron chi connectivity index (χ3n) is 5.56. The Bertz CT molecular complexity index is 1060. The molecule has 0 unspecified atom stereocenters. The molecular formula is C23H25N3O2. The zero-order valence-corrected chi connectivity index (χ0v) is 16.1. The Labute approximate surface area is 164 Å². The largest absolute Gasteiger partial charge is 0.494 e. The Morgan fingerprint density at radius 1 is 1.11 bits per heavy atom. The van der Waals surface area contributed by atoms with Crippen LogP contribution >= 0.6 is 0 Å². The predicted octanol–water partition coefficient (Wildman–Crippen LogP) is 3.60. The highest BCUT2D eigenvalue weighted by Crippen LogP contribution is 2.26. The maximum Gasteiger partial charge on any atom is 0.265 e. The van der Waals surface area contributed by atoms with E-state index in [4.69, 9.17) is 0 Å². The number of likely N-dealkylation sites (N-methyl/N-ethyl adjacent to an activating group) is 1. The number of benzene rings is 2. The summed E-state index contributed by atoms with van der Waals surface area (Å²) in [6.07, 6.45) is 4.09. The Hall–Kier alpha value is -2.92. The van der Waals surface area contributed by atoms with Gasteiger partial charge in [0.2, 0.25) is 5.88 Å². The van der Waals surface area contributed by atoms with Gasteiger partial charge in [0, 0.05) is 23.0 Å². The number of para-hydroxylation sites is 1. The van der Waals surface area contributed by atoms with Gasteiger partial charge in [-0.1, -0.05) is 43.3 Å². The molecule has 0 aliphatic carbocycles. The summed E-state index contributed by atoms with van der Waals surface area (Å²) in [6, 6.07) is 17.0. The highest BCUT2D eigenvalue weighted by molar-refractivity contribution is 6.01. The second-order valence-electron chi connectivity index (χ2n) is 7.18. The summed E-state index contributed by atoms with van der Waals surface area (Å²) in [7, 11) is 0. The molecule has 1 saturated heterocycles. The highest BCUT2D eigenvalue weighted by Gasteiger charge is 2.22. The molecule has 1 fully saturated rings. The van der Waals surface area contributed by atoms with E-state index in [1.54, 1.807) is 12.3 Å². The molecule has 28 heavy (non-hydrogen) atoms. The van der Waals surface area contributed by atoms with E-state index in [9.17, 15) is 9.90 Å². The van der Waals surface area contributed by atoms with Crippen molar-refractivity contribution < 1.29 is 5.11 Å². The maximum atomic E-state index is 13.0. The minimum absolute atomic E-state index is 0.0718. The van der Waals surface area contributed by atoms with Gasteiger partial charge in [0.25, 0.3) is 5.56 Å². The zero-order chi connectivity index (χ0) is 19.5. The van der Waals surface area contributed by atoms with Crippen LogP contribution in [0.15, 0.2) is 64.4 Å². The number of pyridine rings is 1. The number of aliphatic imine (C=N–C) groups is 1. The number of hydrogen-bond acceptors (Lipinski definition) is 4. The number of nitrogens with zero attached hydrogens (tertiary/aromatic N) is 3. The summed E-state index contributed by atoms with van der Waals surface area (Å²) in [5.41, 5.74) is 0.989. The maximum absolute atomic E-state index is 13.0. The van der Waals surface area contributed by atoms with Crippen LogP contribution in [0.1, 0.15) is 25.3 Å². The van der Waals surface area contributed by atoms with Gasteiger partial charge >= 0.3 is 0 Å². The molecule has 5 nitrogen and oxygen atoms in total. The topological polar surface area (TPSA) is 57.8 Å². The molecule has 1 atom stereocenters. The van der Waals surface area contributed by atoms with E-state index in [-0.39, 0.29) is 11.4 Å². The van der Waals surface area contributed by atoms with Crippen LogP contribution in [-0.4, -0.2) is 46.5 Å². The molecule has 3 aromatic rings. The van der Waals surface area contributed by atoms with Crippen molar-refractivity contribution >= 4 is 17.0 Å². The third-order valence-corrected chi connectivity index (χ3v) is 5.56. The van der Waals surface area contributed by atoms with Crippen molar-refractivity contribution in [2.75, 3.05) is 19.6 Å². The van der Waals surface area contributed by atoms with Gasteiger partial charge in [0.15, 0.2) is 0 Å². The van der Waals surface area contributed by atoms with Gasteiger partial charge in [0.1, 0.15) is 0 Å². The summed E-state index contributed by atoms with van der Waals surface area (Å²) in [4.78, 5) is 20.1. The van der Waals surface area contributed by atoms with Gasteiger partial charge in [-0.25, -0.2) is 4.57 Å². The molecular weight excluding hydrogens is 350 g/mol. The molecule has 2 heterocycles. The van der Waals surface area contributed by atoms with Crippen LogP contribution in [-0.2, 0) is 0 Å². The number of aromatic hydroxyl groups is 1. The van der Waals surface area contributed by atoms with Gasteiger partial charge in [-0.05, 0) is 44.1 Å². The van der Waals surface area contributed by atoms with Crippen molar-refractivity contribution in [1.82, 2.24) is 9.47 Å². The summed E-state index contributed by atoms with van der Waals surface area (Å²) in [5, 5.41) is 12.3. The highest BCUT2D eigenvalue weighted by atomic mass is 16.3. The van der Waals surface area contributed by atoms with Gasteiger partial charge in [-0.3, -0.25) is 14.7 Å². The van der Waals surface area contributed by atoms with Gasteiger partial charge in [-0.2, -0.15) is 0 Å². The summed E-state index contributed by atoms with van der Waals surface area (Å²) < 4.78 is 1.36. The molecule has 5 heteroatoms. The first-order valence-electron chi connectivity index (χ1n) is 9.86. The van der Waals surface area contributed by atoms with Crippen LogP contribution in [0.25, 0.3) is 16.5 Å². The van der Waals surface area contributed by atoms with Crippen molar-refractivity contribution in [3.05, 3.63) is 70.5 Å².